The number of carbonyl (C=O) groups is 1. The number of hydrogen-bond donors (Lipinski definition) is 1. The molecule has 2 rings (SSSR count). The average molecular weight is 235 g/mol. The molecule has 1 saturated carbocycles. The van der Waals surface area contributed by atoms with Crippen LogP contribution in [0.1, 0.15) is 23.3 Å². The van der Waals surface area contributed by atoms with Crippen molar-refractivity contribution in [2.75, 3.05) is 26.0 Å². The highest BCUT2D eigenvalue weighted by atomic mass is 16.5. The Kier molecular flexibility index (Phi) is 3.17. The van der Waals surface area contributed by atoms with E-state index >= 15 is 0 Å². The number of amides is 1. The lowest BCUT2D eigenvalue weighted by atomic mass is 10.2. The van der Waals surface area contributed by atoms with E-state index in [1.54, 1.807) is 13.2 Å². The van der Waals surface area contributed by atoms with E-state index in [1.807, 2.05) is 25.1 Å². The first-order valence-corrected chi connectivity index (χ1v) is 5.68. The van der Waals surface area contributed by atoms with E-state index in [9.17, 15) is 4.79 Å². The van der Waals surface area contributed by atoms with Crippen LogP contribution in [0.3, 0.4) is 0 Å². The summed E-state index contributed by atoms with van der Waals surface area (Å²) in [6, 6.07) is 1.86. The van der Waals surface area contributed by atoms with Gasteiger partial charge in [0.05, 0.1) is 18.0 Å². The van der Waals surface area contributed by atoms with Gasteiger partial charge in [0.25, 0.3) is 5.91 Å². The van der Waals surface area contributed by atoms with Crippen LogP contribution in [0.25, 0.3) is 0 Å². The maximum Gasteiger partial charge on any atom is 0.271 e. The van der Waals surface area contributed by atoms with Crippen LogP contribution < -0.4 is 15.0 Å². The SMILES string of the molecule is CNC(=O)c1ncc(OC2CC2)cc1N(C)C. The standard InChI is InChI=1S/C12H17N3O2/c1-13-12(16)11-10(15(2)3)6-9(7-14-11)17-8-4-5-8/h6-8H,4-5H2,1-3H3,(H,13,16). The molecule has 0 aromatic carbocycles. The minimum absolute atomic E-state index is 0.188. The van der Waals surface area contributed by atoms with E-state index in [4.69, 9.17) is 4.74 Å². The lowest BCUT2D eigenvalue weighted by molar-refractivity contribution is 0.0958. The summed E-state index contributed by atoms with van der Waals surface area (Å²) in [6.07, 6.45) is 4.15. The summed E-state index contributed by atoms with van der Waals surface area (Å²) in [4.78, 5) is 17.7. The summed E-state index contributed by atoms with van der Waals surface area (Å²) < 4.78 is 5.66. The highest BCUT2D eigenvalue weighted by molar-refractivity contribution is 5.97. The Balaban J connectivity index is 2.29. The van der Waals surface area contributed by atoms with E-state index in [0.717, 1.165) is 24.3 Å². The zero-order valence-electron chi connectivity index (χ0n) is 10.4. The Hall–Kier alpha value is -1.78. The molecule has 92 valence electrons. The third-order valence-electron chi connectivity index (χ3n) is 2.59. The second-order valence-corrected chi connectivity index (χ2v) is 4.33. The monoisotopic (exact) mass is 235 g/mol. The lowest BCUT2D eigenvalue weighted by Gasteiger charge is -2.17. The largest absolute Gasteiger partial charge is 0.489 e. The number of nitrogens with one attached hydrogen (secondary N) is 1. The fourth-order valence-electron chi connectivity index (χ4n) is 1.51. The maximum absolute atomic E-state index is 11.6. The minimum Gasteiger partial charge on any atom is -0.489 e. The zero-order chi connectivity index (χ0) is 12.4. The summed E-state index contributed by atoms with van der Waals surface area (Å²) in [5.74, 6) is 0.538. The fraction of sp³-hybridized carbons (Fsp3) is 0.500. The van der Waals surface area contributed by atoms with Gasteiger partial charge in [0.15, 0.2) is 5.69 Å². The van der Waals surface area contributed by atoms with Gasteiger partial charge in [0.2, 0.25) is 0 Å². The summed E-state index contributed by atoms with van der Waals surface area (Å²) in [5.41, 5.74) is 1.18. The number of ether oxygens (including phenoxy) is 1. The molecule has 1 aromatic heterocycles. The number of pyridine rings is 1. The zero-order valence-corrected chi connectivity index (χ0v) is 10.4. The number of carbonyl (C=O) groups excluding carboxylic acids is 1. The number of nitrogens with zero attached hydrogens (tertiary/aromatic N) is 2. The third kappa shape index (κ3) is 2.67. The Morgan fingerprint density at radius 1 is 1.53 bits per heavy atom. The molecule has 5 nitrogen and oxygen atoms in total. The van der Waals surface area contributed by atoms with Crippen molar-refractivity contribution in [3.05, 3.63) is 18.0 Å². The van der Waals surface area contributed by atoms with Crippen LogP contribution in [0.15, 0.2) is 12.3 Å². The van der Waals surface area contributed by atoms with Gasteiger partial charge in [-0.2, -0.15) is 0 Å². The van der Waals surface area contributed by atoms with Gasteiger partial charge in [0, 0.05) is 27.2 Å². The van der Waals surface area contributed by atoms with Crippen LogP contribution >= 0.6 is 0 Å². The van der Waals surface area contributed by atoms with Crippen LogP contribution in [0.5, 0.6) is 5.75 Å². The molecule has 0 bridgehead atoms. The Bertz CT molecular complexity index is 428. The van der Waals surface area contributed by atoms with Gasteiger partial charge in [-0.3, -0.25) is 4.79 Å². The molecule has 1 amide bonds. The first kappa shape index (κ1) is 11.7. The van der Waals surface area contributed by atoms with Crippen molar-refractivity contribution in [3.63, 3.8) is 0 Å². The van der Waals surface area contributed by atoms with Gasteiger partial charge in [-0.05, 0) is 12.8 Å². The first-order valence-electron chi connectivity index (χ1n) is 5.68. The molecule has 1 aliphatic carbocycles. The second kappa shape index (κ2) is 4.61. The van der Waals surface area contributed by atoms with E-state index < -0.39 is 0 Å². The summed E-state index contributed by atoms with van der Waals surface area (Å²) >= 11 is 0. The Morgan fingerprint density at radius 3 is 2.76 bits per heavy atom. The number of rotatable bonds is 4. The van der Waals surface area contributed by atoms with Crippen molar-refractivity contribution in [2.24, 2.45) is 0 Å². The number of hydrogen-bond acceptors (Lipinski definition) is 4. The van der Waals surface area contributed by atoms with Gasteiger partial charge in [-0.15, -0.1) is 0 Å². The minimum atomic E-state index is -0.188. The van der Waals surface area contributed by atoms with E-state index in [2.05, 4.69) is 10.3 Å². The van der Waals surface area contributed by atoms with Gasteiger partial charge in [-0.25, -0.2) is 4.98 Å². The number of aromatic nitrogens is 1. The van der Waals surface area contributed by atoms with Crippen molar-refractivity contribution in [2.45, 2.75) is 18.9 Å². The van der Waals surface area contributed by atoms with Crippen molar-refractivity contribution in [1.82, 2.24) is 10.3 Å². The highest BCUT2D eigenvalue weighted by Gasteiger charge is 2.24. The maximum atomic E-state index is 11.6. The first-order chi connectivity index (χ1) is 8.11. The van der Waals surface area contributed by atoms with Gasteiger partial charge >= 0.3 is 0 Å². The average Bonchev–Trinajstić information content (AvgIpc) is 3.12. The molecule has 1 aliphatic rings. The normalized spacial score (nSPS) is 14.3. The molecule has 0 unspecified atom stereocenters. The smallest absolute Gasteiger partial charge is 0.271 e. The molecule has 17 heavy (non-hydrogen) atoms. The molecular formula is C12H17N3O2. The molecule has 1 heterocycles. The molecular weight excluding hydrogens is 218 g/mol. The molecule has 0 atom stereocenters. The van der Waals surface area contributed by atoms with Crippen LogP contribution in [0, 0.1) is 0 Å². The van der Waals surface area contributed by atoms with Crippen LogP contribution in [0.2, 0.25) is 0 Å². The van der Waals surface area contributed by atoms with E-state index in [1.165, 1.54) is 0 Å². The van der Waals surface area contributed by atoms with Crippen LogP contribution in [0.4, 0.5) is 5.69 Å². The summed E-state index contributed by atoms with van der Waals surface area (Å²) in [5, 5.41) is 2.58. The molecule has 1 N–H and O–H groups in total. The third-order valence-corrected chi connectivity index (χ3v) is 2.59. The molecule has 0 saturated heterocycles. The van der Waals surface area contributed by atoms with E-state index in [-0.39, 0.29) is 5.91 Å². The van der Waals surface area contributed by atoms with Crippen molar-refractivity contribution >= 4 is 11.6 Å². The van der Waals surface area contributed by atoms with Gasteiger partial charge < -0.3 is 15.0 Å². The van der Waals surface area contributed by atoms with Gasteiger partial charge in [-0.1, -0.05) is 0 Å². The molecule has 0 radical (unpaired) electrons. The predicted molar refractivity (Wildman–Crippen MR) is 65.6 cm³/mol. The molecule has 1 fully saturated rings. The quantitative estimate of drug-likeness (QED) is 0.847. The predicted octanol–water partition coefficient (Wildman–Crippen LogP) is 1.05. The molecule has 0 spiro atoms. The van der Waals surface area contributed by atoms with E-state index in [0.29, 0.717) is 11.8 Å². The van der Waals surface area contributed by atoms with Gasteiger partial charge in [0.1, 0.15) is 5.75 Å². The Labute approximate surface area is 101 Å². The van der Waals surface area contributed by atoms with Crippen molar-refractivity contribution in [1.29, 1.82) is 0 Å². The Morgan fingerprint density at radius 2 is 2.24 bits per heavy atom. The topological polar surface area (TPSA) is 54.5 Å². The second-order valence-electron chi connectivity index (χ2n) is 4.33. The van der Waals surface area contributed by atoms with Crippen molar-refractivity contribution in [3.8, 4) is 5.75 Å². The molecule has 0 aliphatic heterocycles. The summed E-state index contributed by atoms with van der Waals surface area (Å²) in [6.45, 7) is 0. The lowest BCUT2D eigenvalue weighted by Crippen LogP contribution is -2.23. The van der Waals surface area contributed by atoms with Crippen LogP contribution in [-0.2, 0) is 0 Å². The van der Waals surface area contributed by atoms with Crippen molar-refractivity contribution < 1.29 is 9.53 Å². The summed E-state index contributed by atoms with van der Waals surface area (Å²) in [7, 11) is 5.35. The highest BCUT2D eigenvalue weighted by Crippen LogP contribution is 2.29. The van der Waals surface area contributed by atoms with Crippen LogP contribution in [-0.4, -0.2) is 38.1 Å². The molecule has 1 aromatic rings. The molecule has 5 heteroatoms. The number of anilines is 1. The fourth-order valence-corrected chi connectivity index (χ4v) is 1.51.